The van der Waals surface area contributed by atoms with Crippen molar-refractivity contribution in [2.24, 2.45) is 0 Å². The van der Waals surface area contributed by atoms with Crippen LogP contribution in [0.15, 0.2) is 24.3 Å². The lowest BCUT2D eigenvalue weighted by molar-refractivity contribution is 0.122. The van der Waals surface area contributed by atoms with Gasteiger partial charge in [-0.1, -0.05) is 6.07 Å². The number of ether oxygens (including phenoxy) is 1. The van der Waals surface area contributed by atoms with Gasteiger partial charge >= 0.3 is 0 Å². The van der Waals surface area contributed by atoms with Crippen molar-refractivity contribution < 1.29 is 9.84 Å². The molecule has 0 heterocycles. The van der Waals surface area contributed by atoms with E-state index in [4.69, 9.17) is 15.1 Å². The molecule has 0 radical (unpaired) electrons. The maximum Gasteiger partial charge on any atom is 0.120 e. The standard InChI is InChI=1S/C10H11NO2/c1-8(12)7-13-10-4-2-3-9(5-10)6-11/h2-5,8,12H,7H2,1H3/t8-/m1/s1. The maximum atomic E-state index is 8.95. The largest absolute Gasteiger partial charge is 0.491 e. The first kappa shape index (κ1) is 9.56. The second-order valence-corrected chi connectivity index (χ2v) is 2.80. The van der Waals surface area contributed by atoms with Gasteiger partial charge in [0.1, 0.15) is 12.4 Å². The lowest BCUT2D eigenvalue weighted by atomic mass is 10.2. The van der Waals surface area contributed by atoms with Gasteiger partial charge in [-0.05, 0) is 25.1 Å². The van der Waals surface area contributed by atoms with Crippen LogP contribution in [-0.2, 0) is 0 Å². The fraction of sp³-hybridized carbons (Fsp3) is 0.300. The molecule has 68 valence electrons. The molecule has 0 aromatic heterocycles. The maximum absolute atomic E-state index is 8.95. The van der Waals surface area contributed by atoms with E-state index in [9.17, 15) is 0 Å². The second-order valence-electron chi connectivity index (χ2n) is 2.80. The lowest BCUT2D eigenvalue weighted by Gasteiger charge is -2.07. The normalized spacial score (nSPS) is 11.8. The number of aliphatic hydroxyl groups excluding tert-OH is 1. The molecule has 1 N–H and O–H groups in total. The van der Waals surface area contributed by atoms with Crippen LogP contribution in [0.25, 0.3) is 0 Å². The Morgan fingerprint density at radius 3 is 3.00 bits per heavy atom. The zero-order chi connectivity index (χ0) is 9.68. The fourth-order valence-corrected chi connectivity index (χ4v) is 0.872. The van der Waals surface area contributed by atoms with Gasteiger partial charge in [0.05, 0.1) is 17.7 Å². The Hall–Kier alpha value is -1.53. The second kappa shape index (κ2) is 4.48. The number of nitrogens with zero attached hydrogens (tertiary/aromatic N) is 1. The average Bonchev–Trinajstić information content (AvgIpc) is 2.15. The summed E-state index contributed by atoms with van der Waals surface area (Å²) in [4.78, 5) is 0. The topological polar surface area (TPSA) is 53.2 Å². The van der Waals surface area contributed by atoms with Gasteiger partial charge in [-0.25, -0.2) is 0 Å². The van der Waals surface area contributed by atoms with Crippen LogP contribution in [0, 0.1) is 11.3 Å². The van der Waals surface area contributed by atoms with E-state index in [1.54, 1.807) is 31.2 Å². The van der Waals surface area contributed by atoms with Gasteiger partial charge in [-0.2, -0.15) is 5.26 Å². The highest BCUT2D eigenvalue weighted by Crippen LogP contribution is 2.12. The van der Waals surface area contributed by atoms with Gasteiger partial charge in [-0.15, -0.1) is 0 Å². The van der Waals surface area contributed by atoms with Crippen molar-refractivity contribution >= 4 is 0 Å². The van der Waals surface area contributed by atoms with E-state index < -0.39 is 6.10 Å². The van der Waals surface area contributed by atoms with Crippen LogP contribution in [0.2, 0.25) is 0 Å². The van der Waals surface area contributed by atoms with Crippen molar-refractivity contribution in [1.82, 2.24) is 0 Å². The molecule has 3 heteroatoms. The van der Waals surface area contributed by atoms with Crippen molar-refractivity contribution in [3.8, 4) is 11.8 Å². The zero-order valence-electron chi connectivity index (χ0n) is 7.40. The number of rotatable bonds is 3. The summed E-state index contributed by atoms with van der Waals surface area (Å²) in [6, 6.07) is 8.86. The molecule has 0 amide bonds. The third-order valence-corrected chi connectivity index (χ3v) is 1.45. The predicted octanol–water partition coefficient (Wildman–Crippen LogP) is 1.32. The molecule has 0 unspecified atom stereocenters. The Morgan fingerprint density at radius 2 is 2.38 bits per heavy atom. The minimum atomic E-state index is -0.495. The molecular weight excluding hydrogens is 166 g/mol. The highest BCUT2D eigenvalue weighted by atomic mass is 16.5. The van der Waals surface area contributed by atoms with Gasteiger partial charge in [0.2, 0.25) is 0 Å². The van der Waals surface area contributed by atoms with E-state index in [0.29, 0.717) is 11.3 Å². The summed E-state index contributed by atoms with van der Waals surface area (Å²) >= 11 is 0. The molecule has 0 saturated carbocycles. The summed E-state index contributed by atoms with van der Waals surface area (Å²) in [6.45, 7) is 1.89. The minimum absolute atomic E-state index is 0.245. The van der Waals surface area contributed by atoms with E-state index in [1.165, 1.54) is 0 Å². The zero-order valence-corrected chi connectivity index (χ0v) is 7.40. The van der Waals surface area contributed by atoms with Crippen LogP contribution < -0.4 is 4.74 Å². The number of hydrogen-bond donors (Lipinski definition) is 1. The molecule has 0 aliphatic carbocycles. The summed E-state index contributed by atoms with van der Waals surface area (Å²) in [6.07, 6.45) is -0.495. The molecule has 1 atom stereocenters. The lowest BCUT2D eigenvalue weighted by Crippen LogP contribution is -2.12. The van der Waals surface area contributed by atoms with Crippen LogP contribution >= 0.6 is 0 Å². The highest BCUT2D eigenvalue weighted by molar-refractivity contribution is 5.36. The van der Waals surface area contributed by atoms with Crippen LogP contribution in [0.5, 0.6) is 5.75 Å². The summed E-state index contributed by atoms with van der Waals surface area (Å²) < 4.78 is 5.21. The molecule has 0 fully saturated rings. The Balaban J connectivity index is 2.63. The first-order valence-electron chi connectivity index (χ1n) is 4.03. The van der Waals surface area contributed by atoms with E-state index in [2.05, 4.69) is 0 Å². The molecule has 13 heavy (non-hydrogen) atoms. The van der Waals surface area contributed by atoms with Gasteiger partial charge in [-0.3, -0.25) is 0 Å². The summed E-state index contributed by atoms with van der Waals surface area (Å²) in [7, 11) is 0. The molecule has 0 aliphatic rings. The molecular formula is C10H11NO2. The highest BCUT2D eigenvalue weighted by Gasteiger charge is 1.98. The summed E-state index contributed by atoms with van der Waals surface area (Å²) in [5.74, 6) is 0.611. The minimum Gasteiger partial charge on any atom is -0.491 e. The molecule has 0 bridgehead atoms. The van der Waals surface area contributed by atoms with Crippen molar-refractivity contribution in [3.63, 3.8) is 0 Å². The first-order valence-corrected chi connectivity index (χ1v) is 4.03. The van der Waals surface area contributed by atoms with E-state index in [0.717, 1.165) is 0 Å². The summed E-state index contributed by atoms with van der Waals surface area (Å²) in [5, 5.41) is 17.5. The number of aliphatic hydroxyl groups is 1. The number of benzene rings is 1. The quantitative estimate of drug-likeness (QED) is 0.757. The number of nitriles is 1. The third-order valence-electron chi connectivity index (χ3n) is 1.45. The Morgan fingerprint density at radius 1 is 1.62 bits per heavy atom. The predicted molar refractivity (Wildman–Crippen MR) is 48.3 cm³/mol. The van der Waals surface area contributed by atoms with Crippen molar-refractivity contribution in [2.75, 3.05) is 6.61 Å². The SMILES string of the molecule is C[C@@H](O)COc1cccc(C#N)c1. The van der Waals surface area contributed by atoms with Crippen LogP contribution in [0.4, 0.5) is 0 Å². The van der Waals surface area contributed by atoms with Gasteiger partial charge in [0, 0.05) is 0 Å². The monoisotopic (exact) mass is 177 g/mol. The molecule has 0 aliphatic heterocycles. The molecule has 3 nitrogen and oxygen atoms in total. The Bertz CT molecular complexity index is 315. The molecule has 0 spiro atoms. The van der Waals surface area contributed by atoms with Crippen LogP contribution in [-0.4, -0.2) is 17.8 Å². The summed E-state index contributed by atoms with van der Waals surface area (Å²) in [5.41, 5.74) is 0.558. The third kappa shape index (κ3) is 3.14. The van der Waals surface area contributed by atoms with Crippen molar-refractivity contribution in [1.29, 1.82) is 5.26 Å². The van der Waals surface area contributed by atoms with Gasteiger partial charge in [0.15, 0.2) is 0 Å². The van der Waals surface area contributed by atoms with Crippen LogP contribution in [0.1, 0.15) is 12.5 Å². The fourth-order valence-electron chi connectivity index (χ4n) is 0.872. The van der Waals surface area contributed by atoms with Gasteiger partial charge < -0.3 is 9.84 Å². The van der Waals surface area contributed by atoms with Gasteiger partial charge in [0.25, 0.3) is 0 Å². The van der Waals surface area contributed by atoms with E-state index in [1.807, 2.05) is 6.07 Å². The Kier molecular flexibility index (Phi) is 3.30. The number of hydrogen-bond acceptors (Lipinski definition) is 3. The Labute approximate surface area is 77.2 Å². The van der Waals surface area contributed by atoms with Crippen LogP contribution in [0.3, 0.4) is 0 Å². The average molecular weight is 177 g/mol. The first-order chi connectivity index (χ1) is 6.22. The smallest absolute Gasteiger partial charge is 0.120 e. The van der Waals surface area contributed by atoms with Crippen molar-refractivity contribution in [2.45, 2.75) is 13.0 Å². The molecule has 0 saturated heterocycles. The molecule has 1 aromatic carbocycles. The molecule has 1 rings (SSSR count). The molecule has 1 aromatic rings. The van der Waals surface area contributed by atoms with Crippen molar-refractivity contribution in [3.05, 3.63) is 29.8 Å². The van der Waals surface area contributed by atoms with E-state index in [-0.39, 0.29) is 6.61 Å². The van der Waals surface area contributed by atoms with E-state index >= 15 is 0 Å².